The van der Waals surface area contributed by atoms with E-state index < -0.39 is 0 Å². The molecule has 2 unspecified atom stereocenters. The lowest BCUT2D eigenvalue weighted by molar-refractivity contribution is 0.0930. The Bertz CT molecular complexity index is 666. The summed E-state index contributed by atoms with van der Waals surface area (Å²) in [5.41, 5.74) is 2.29. The molecule has 1 aliphatic carbocycles. The zero-order valence-electron chi connectivity index (χ0n) is 10.9. The lowest BCUT2D eigenvalue weighted by Gasteiger charge is -2.16. The molecule has 20 heavy (non-hydrogen) atoms. The lowest BCUT2D eigenvalue weighted by Crippen LogP contribution is -2.22. The number of thiophene rings is 1. The van der Waals surface area contributed by atoms with Crippen molar-refractivity contribution in [3.8, 4) is 0 Å². The van der Waals surface area contributed by atoms with Crippen LogP contribution in [0.25, 0.3) is 0 Å². The van der Waals surface area contributed by atoms with Gasteiger partial charge >= 0.3 is 0 Å². The first-order chi connectivity index (χ1) is 9.74. The summed E-state index contributed by atoms with van der Waals surface area (Å²) in [5.74, 6) is 0.934. The Balaban J connectivity index is 1.56. The van der Waals surface area contributed by atoms with E-state index in [1.807, 2.05) is 6.07 Å². The predicted octanol–water partition coefficient (Wildman–Crippen LogP) is 3.92. The molecule has 0 bridgehead atoms. The summed E-state index contributed by atoms with van der Waals surface area (Å²) >= 11 is 5.24. The molecular weight excluding hydrogens is 334 g/mol. The van der Waals surface area contributed by atoms with Crippen molar-refractivity contribution in [2.75, 3.05) is 13.1 Å². The Labute approximate surface area is 130 Å². The molecule has 0 saturated carbocycles. The van der Waals surface area contributed by atoms with Crippen LogP contribution in [0.1, 0.15) is 26.7 Å². The second kappa shape index (κ2) is 4.79. The van der Waals surface area contributed by atoms with Gasteiger partial charge in [0.15, 0.2) is 5.78 Å². The van der Waals surface area contributed by atoms with Gasteiger partial charge in [-0.3, -0.25) is 9.69 Å². The van der Waals surface area contributed by atoms with Crippen LogP contribution in [0.15, 0.2) is 40.2 Å². The van der Waals surface area contributed by atoms with Crippen LogP contribution in [0.5, 0.6) is 0 Å². The van der Waals surface area contributed by atoms with Gasteiger partial charge in [-0.1, -0.05) is 30.3 Å². The van der Waals surface area contributed by atoms with E-state index in [-0.39, 0.29) is 5.92 Å². The van der Waals surface area contributed by atoms with Gasteiger partial charge in [-0.2, -0.15) is 0 Å². The molecule has 2 atom stereocenters. The molecule has 2 aromatic rings. The van der Waals surface area contributed by atoms with Crippen LogP contribution in [0.3, 0.4) is 0 Å². The minimum Gasteiger partial charge on any atom is -0.298 e. The molecule has 0 spiro atoms. The molecule has 1 aromatic carbocycles. The number of Topliss-reactive ketones (excluding diaryl/α,β-unsaturated/α-hetero) is 1. The summed E-state index contributed by atoms with van der Waals surface area (Å²) in [6.45, 7) is 2.85. The van der Waals surface area contributed by atoms with Crippen molar-refractivity contribution >= 4 is 33.0 Å². The SMILES string of the molecule is O=C1c2c(Br)csc2C2CN(Cc3ccccc3)CC12. The Morgan fingerprint density at radius 1 is 1.20 bits per heavy atom. The largest absolute Gasteiger partial charge is 0.298 e. The van der Waals surface area contributed by atoms with E-state index >= 15 is 0 Å². The molecule has 1 aliphatic heterocycles. The number of nitrogens with zero attached hydrogens (tertiary/aromatic N) is 1. The van der Waals surface area contributed by atoms with E-state index in [2.05, 4.69) is 50.5 Å². The number of carbonyl (C=O) groups excluding carboxylic acids is 1. The number of hydrogen-bond acceptors (Lipinski definition) is 3. The fourth-order valence-electron chi connectivity index (χ4n) is 3.44. The molecule has 2 nitrogen and oxygen atoms in total. The zero-order valence-corrected chi connectivity index (χ0v) is 13.3. The first-order valence-electron chi connectivity index (χ1n) is 6.81. The second-order valence-corrected chi connectivity index (χ2v) is 7.35. The fourth-order valence-corrected chi connectivity index (χ4v) is 5.35. The van der Waals surface area contributed by atoms with Crippen LogP contribution in [0.2, 0.25) is 0 Å². The van der Waals surface area contributed by atoms with Gasteiger partial charge in [0.05, 0.1) is 0 Å². The number of halogens is 1. The number of hydrogen-bond donors (Lipinski definition) is 0. The smallest absolute Gasteiger partial charge is 0.170 e. The third-order valence-electron chi connectivity index (χ3n) is 4.34. The zero-order chi connectivity index (χ0) is 13.7. The quantitative estimate of drug-likeness (QED) is 0.820. The third kappa shape index (κ3) is 1.90. The van der Waals surface area contributed by atoms with Crippen LogP contribution in [0, 0.1) is 5.92 Å². The molecule has 0 amide bonds. The van der Waals surface area contributed by atoms with Gasteiger partial charge in [0.1, 0.15) is 0 Å². The molecule has 102 valence electrons. The van der Waals surface area contributed by atoms with E-state index in [9.17, 15) is 4.79 Å². The summed E-state index contributed by atoms with van der Waals surface area (Å²) < 4.78 is 0.992. The van der Waals surface area contributed by atoms with Crippen molar-refractivity contribution < 1.29 is 4.79 Å². The average molecular weight is 348 g/mol. The van der Waals surface area contributed by atoms with Crippen LogP contribution < -0.4 is 0 Å². The van der Waals surface area contributed by atoms with Crippen molar-refractivity contribution in [2.24, 2.45) is 5.92 Å². The molecule has 1 aromatic heterocycles. The molecule has 0 radical (unpaired) electrons. The van der Waals surface area contributed by atoms with Crippen LogP contribution in [0.4, 0.5) is 0 Å². The molecule has 2 aliphatic rings. The molecule has 4 heteroatoms. The van der Waals surface area contributed by atoms with E-state index in [0.29, 0.717) is 11.7 Å². The summed E-state index contributed by atoms with van der Waals surface area (Å²) in [6, 6.07) is 10.5. The third-order valence-corrected chi connectivity index (χ3v) is 6.38. The van der Waals surface area contributed by atoms with Crippen LogP contribution >= 0.6 is 27.3 Å². The van der Waals surface area contributed by atoms with Crippen molar-refractivity contribution in [3.63, 3.8) is 0 Å². The molecule has 1 saturated heterocycles. The minimum atomic E-state index is 0.178. The van der Waals surface area contributed by atoms with Gasteiger partial charge in [-0.05, 0) is 21.5 Å². The number of fused-ring (bicyclic) bond motifs is 3. The van der Waals surface area contributed by atoms with Gasteiger partial charge in [0, 0.05) is 51.8 Å². The van der Waals surface area contributed by atoms with Crippen molar-refractivity contribution in [3.05, 3.63) is 56.2 Å². The summed E-state index contributed by atoms with van der Waals surface area (Å²) in [7, 11) is 0. The van der Waals surface area contributed by atoms with E-state index in [0.717, 1.165) is 29.7 Å². The number of benzene rings is 1. The number of rotatable bonds is 2. The first kappa shape index (κ1) is 12.7. The van der Waals surface area contributed by atoms with Crippen LogP contribution in [-0.2, 0) is 6.54 Å². The van der Waals surface area contributed by atoms with Gasteiger partial charge in [0.2, 0.25) is 0 Å². The second-order valence-electron chi connectivity index (χ2n) is 5.58. The maximum Gasteiger partial charge on any atom is 0.170 e. The molecule has 1 fully saturated rings. The molecule has 2 heterocycles. The molecular formula is C16H14BrNOS. The van der Waals surface area contributed by atoms with Gasteiger partial charge in [-0.25, -0.2) is 0 Å². The first-order valence-corrected chi connectivity index (χ1v) is 8.48. The minimum absolute atomic E-state index is 0.178. The van der Waals surface area contributed by atoms with Gasteiger partial charge < -0.3 is 0 Å². The highest BCUT2D eigenvalue weighted by molar-refractivity contribution is 9.10. The number of ketones is 1. The van der Waals surface area contributed by atoms with Gasteiger partial charge in [0.25, 0.3) is 0 Å². The maximum absolute atomic E-state index is 12.5. The Kier molecular flexibility index (Phi) is 3.05. The number of carbonyl (C=O) groups is 1. The topological polar surface area (TPSA) is 20.3 Å². The van der Waals surface area contributed by atoms with E-state index in [1.165, 1.54) is 10.4 Å². The van der Waals surface area contributed by atoms with Gasteiger partial charge in [-0.15, -0.1) is 11.3 Å². The predicted molar refractivity (Wildman–Crippen MR) is 84.3 cm³/mol. The highest BCUT2D eigenvalue weighted by atomic mass is 79.9. The van der Waals surface area contributed by atoms with Crippen molar-refractivity contribution in [2.45, 2.75) is 12.5 Å². The van der Waals surface area contributed by atoms with E-state index in [4.69, 9.17) is 0 Å². The standard InChI is InChI=1S/C16H14BrNOS/c17-13-9-20-16-12-8-18(6-10-4-2-1-3-5-10)7-11(12)15(19)14(13)16/h1-5,9,11-12H,6-8H2. The highest BCUT2D eigenvalue weighted by Crippen LogP contribution is 2.48. The van der Waals surface area contributed by atoms with E-state index in [1.54, 1.807) is 11.3 Å². The maximum atomic E-state index is 12.5. The van der Waals surface area contributed by atoms with Crippen molar-refractivity contribution in [1.82, 2.24) is 4.90 Å². The summed E-state index contributed by atoms with van der Waals surface area (Å²) in [4.78, 5) is 16.2. The average Bonchev–Trinajstić information content (AvgIpc) is 3.08. The monoisotopic (exact) mass is 347 g/mol. The summed E-state index contributed by atoms with van der Waals surface area (Å²) in [6.07, 6.45) is 0. The number of likely N-dealkylation sites (tertiary alicyclic amines) is 1. The van der Waals surface area contributed by atoms with Crippen molar-refractivity contribution in [1.29, 1.82) is 0 Å². The molecule has 0 N–H and O–H groups in total. The lowest BCUT2D eigenvalue weighted by atomic mass is 9.99. The fraction of sp³-hybridized carbons (Fsp3) is 0.312. The Hall–Kier alpha value is -0.970. The normalized spacial score (nSPS) is 24.9. The Morgan fingerprint density at radius 2 is 1.95 bits per heavy atom. The summed E-state index contributed by atoms with van der Waals surface area (Å²) in [5, 5.41) is 2.05. The van der Waals surface area contributed by atoms with Crippen LogP contribution in [-0.4, -0.2) is 23.8 Å². The Morgan fingerprint density at radius 3 is 2.75 bits per heavy atom. The highest BCUT2D eigenvalue weighted by Gasteiger charge is 2.47. The molecule has 4 rings (SSSR count).